The molecule has 0 saturated heterocycles. The Morgan fingerprint density at radius 1 is 1.03 bits per heavy atom. The van der Waals surface area contributed by atoms with Crippen molar-refractivity contribution in [1.82, 2.24) is 0 Å². The van der Waals surface area contributed by atoms with Crippen molar-refractivity contribution in [2.45, 2.75) is 116 Å². The number of esters is 1. The molecule has 182 valence electrons. The van der Waals surface area contributed by atoms with Gasteiger partial charge in [-0.1, -0.05) is 43.5 Å². The van der Waals surface area contributed by atoms with E-state index in [9.17, 15) is 19.4 Å². The third-order valence-corrected chi connectivity index (χ3v) is 6.86. The zero-order valence-corrected chi connectivity index (χ0v) is 20.1. The van der Waals surface area contributed by atoms with Gasteiger partial charge in [-0.05, 0) is 88.7 Å². The number of benzene rings is 1. The number of aliphatic hydroxyl groups excluding tert-OH is 2. The molecule has 4 nitrogen and oxygen atoms in total. The molecule has 5 atom stereocenters. The van der Waals surface area contributed by atoms with Gasteiger partial charge in [-0.15, -0.1) is 0 Å². The highest BCUT2D eigenvalue weighted by molar-refractivity contribution is 5.69. The van der Waals surface area contributed by atoms with Crippen LogP contribution in [-0.4, -0.2) is 40.7 Å². The number of halogens is 1. The first-order valence-electron chi connectivity index (χ1n) is 12.5. The van der Waals surface area contributed by atoms with E-state index in [4.69, 9.17) is 4.74 Å². The van der Waals surface area contributed by atoms with Gasteiger partial charge in [0.05, 0.1) is 18.3 Å². The van der Waals surface area contributed by atoms with E-state index in [1.54, 1.807) is 0 Å². The van der Waals surface area contributed by atoms with Crippen LogP contribution in [0.25, 0.3) is 0 Å². The van der Waals surface area contributed by atoms with E-state index in [-0.39, 0.29) is 23.9 Å². The largest absolute Gasteiger partial charge is 0.463 e. The molecule has 1 aliphatic rings. The Bertz CT molecular complexity index is 677. The summed E-state index contributed by atoms with van der Waals surface area (Å²) in [7, 11) is 0. The van der Waals surface area contributed by atoms with Crippen LogP contribution in [0.1, 0.15) is 89.2 Å². The second-order valence-corrected chi connectivity index (χ2v) is 9.83. The van der Waals surface area contributed by atoms with Gasteiger partial charge in [-0.3, -0.25) is 4.79 Å². The quantitative estimate of drug-likeness (QED) is 0.282. The molecule has 1 fully saturated rings. The second-order valence-electron chi connectivity index (χ2n) is 9.83. The number of carbonyl (C=O) groups is 1. The molecule has 2 unspecified atom stereocenters. The van der Waals surface area contributed by atoms with Gasteiger partial charge in [0.25, 0.3) is 0 Å². The van der Waals surface area contributed by atoms with E-state index in [0.29, 0.717) is 32.1 Å². The number of hydrogen-bond donors (Lipinski definition) is 2. The maximum Gasteiger partial charge on any atom is 0.306 e. The number of aliphatic hydroxyl groups is 2. The smallest absolute Gasteiger partial charge is 0.306 e. The van der Waals surface area contributed by atoms with Gasteiger partial charge in [-0.25, -0.2) is 4.39 Å². The normalized spacial score (nSPS) is 24.1. The molecule has 0 spiro atoms. The molecule has 2 N–H and O–H groups in total. The molecule has 5 heteroatoms. The molecule has 0 heterocycles. The Labute approximate surface area is 193 Å². The van der Waals surface area contributed by atoms with Crippen LogP contribution < -0.4 is 0 Å². The highest BCUT2D eigenvalue weighted by Gasteiger charge is 2.40. The molecule has 0 radical (unpaired) electrons. The number of unbranched alkanes of at least 4 members (excludes halogenated alkanes) is 3. The van der Waals surface area contributed by atoms with Crippen molar-refractivity contribution in [2.24, 2.45) is 11.8 Å². The molecule has 0 amide bonds. The summed E-state index contributed by atoms with van der Waals surface area (Å²) in [6.45, 7) is 5.76. The Kier molecular flexibility index (Phi) is 11.7. The Morgan fingerprint density at radius 2 is 1.69 bits per heavy atom. The van der Waals surface area contributed by atoms with Crippen LogP contribution in [0.4, 0.5) is 4.39 Å². The van der Waals surface area contributed by atoms with Crippen molar-refractivity contribution in [2.75, 3.05) is 0 Å². The molecular weight excluding hydrogens is 407 g/mol. The van der Waals surface area contributed by atoms with Crippen LogP contribution in [0.5, 0.6) is 0 Å². The molecule has 2 rings (SSSR count). The van der Waals surface area contributed by atoms with E-state index in [0.717, 1.165) is 38.5 Å². The first kappa shape index (κ1) is 26.8. The fourth-order valence-electron chi connectivity index (χ4n) is 5.03. The van der Waals surface area contributed by atoms with Gasteiger partial charge in [0.15, 0.2) is 0 Å². The lowest BCUT2D eigenvalue weighted by atomic mass is 9.84. The van der Waals surface area contributed by atoms with Crippen molar-refractivity contribution in [3.05, 3.63) is 35.4 Å². The molecule has 0 aliphatic heterocycles. The minimum absolute atomic E-state index is 0.0252. The Morgan fingerprint density at radius 3 is 2.38 bits per heavy atom. The first-order chi connectivity index (χ1) is 15.3. The lowest BCUT2D eigenvalue weighted by Crippen LogP contribution is -2.23. The predicted molar refractivity (Wildman–Crippen MR) is 126 cm³/mol. The van der Waals surface area contributed by atoms with Crippen LogP contribution in [0, 0.1) is 18.8 Å². The maximum absolute atomic E-state index is 14.6. The van der Waals surface area contributed by atoms with Crippen molar-refractivity contribution in [1.29, 1.82) is 0 Å². The third kappa shape index (κ3) is 9.19. The summed E-state index contributed by atoms with van der Waals surface area (Å²) in [4.78, 5) is 11.6. The second kappa shape index (κ2) is 13.9. The standard InChI is InChI=1S/C27H43FO4/c1-19(2)32-27(31)13-7-5-4-6-12-23-24(26(30)18-25(23)29)17-16-22(28)15-14-21-11-9-8-10-20(21)3/h8-11,19,22-26,29-30H,4-7,12-18H2,1-3H3/t22?,23?,24-,25+,26-/m1/s1. The van der Waals surface area contributed by atoms with Crippen molar-refractivity contribution in [3.63, 3.8) is 0 Å². The molecule has 0 aromatic heterocycles. The summed E-state index contributed by atoms with van der Waals surface area (Å²) >= 11 is 0. The fourth-order valence-corrected chi connectivity index (χ4v) is 5.03. The van der Waals surface area contributed by atoms with Crippen LogP contribution >= 0.6 is 0 Å². The molecule has 1 saturated carbocycles. The van der Waals surface area contributed by atoms with Crippen molar-refractivity contribution >= 4 is 5.97 Å². The monoisotopic (exact) mass is 450 g/mol. The first-order valence-corrected chi connectivity index (χ1v) is 12.5. The lowest BCUT2D eigenvalue weighted by molar-refractivity contribution is -0.147. The van der Waals surface area contributed by atoms with Gasteiger partial charge in [0, 0.05) is 6.42 Å². The summed E-state index contributed by atoms with van der Waals surface area (Å²) in [5.41, 5.74) is 2.40. The molecule has 1 aliphatic carbocycles. The van der Waals surface area contributed by atoms with Gasteiger partial charge >= 0.3 is 5.97 Å². The average Bonchev–Trinajstić information content (AvgIpc) is 3.00. The van der Waals surface area contributed by atoms with E-state index in [1.807, 2.05) is 26.0 Å². The summed E-state index contributed by atoms with van der Waals surface area (Å²) in [6.07, 6.45) is 5.72. The third-order valence-electron chi connectivity index (χ3n) is 6.86. The van der Waals surface area contributed by atoms with Crippen LogP contribution in [0.15, 0.2) is 24.3 Å². The van der Waals surface area contributed by atoms with Gasteiger partial charge in [0.1, 0.15) is 6.17 Å². The average molecular weight is 451 g/mol. The molecular formula is C27H43FO4. The SMILES string of the molecule is Cc1ccccc1CCC(F)CC[C@@H]1C(CCCCCCC(=O)OC(C)C)[C@@H](O)C[C@H]1O. The Balaban J connectivity index is 1.67. The van der Waals surface area contributed by atoms with Gasteiger partial charge in [-0.2, -0.15) is 0 Å². The summed E-state index contributed by atoms with van der Waals surface area (Å²) < 4.78 is 19.7. The number of carbonyl (C=O) groups excluding carboxylic acids is 1. The number of alkyl halides is 1. The minimum Gasteiger partial charge on any atom is -0.463 e. The van der Waals surface area contributed by atoms with E-state index >= 15 is 0 Å². The minimum atomic E-state index is -0.884. The van der Waals surface area contributed by atoms with E-state index in [2.05, 4.69) is 19.1 Å². The van der Waals surface area contributed by atoms with Crippen molar-refractivity contribution < 1.29 is 24.1 Å². The highest BCUT2D eigenvalue weighted by Crippen LogP contribution is 2.39. The maximum atomic E-state index is 14.6. The summed E-state index contributed by atoms with van der Waals surface area (Å²) in [5.74, 6) is -0.125. The van der Waals surface area contributed by atoms with Crippen LogP contribution in [0.2, 0.25) is 0 Å². The molecule has 1 aromatic rings. The van der Waals surface area contributed by atoms with E-state index in [1.165, 1.54) is 11.1 Å². The number of hydrogen-bond acceptors (Lipinski definition) is 4. The van der Waals surface area contributed by atoms with Gasteiger partial charge < -0.3 is 14.9 Å². The van der Waals surface area contributed by atoms with Crippen LogP contribution in [0.3, 0.4) is 0 Å². The molecule has 32 heavy (non-hydrogen) atoms. The highest BCUT2D eigenvalue weighted by atomic mass is 19.1. The van der Waals surface area contributed by atoms with Crippen LogP contribution in [-0.2, 0) is 16.0 Å². The topological polar surface area (TPSA) is 66.8 Å². The number of ether oxygens (including phenoxy) is 1. The predicted octanol–water partition coefficient (Wildman–Crippen LogP) is 5.70. The summed E-state index contributed by atoms with van der Waals surface area (Å²) in [5, 5.41) is 20.8. The fraction of sp³-hybridized carbons (Fsp3) is 0.741. The van der Waals surface area contributed by atoms with E-state index < -0.39 is 18.4 Å². The van der Waals surface area contributed by atoms with Crippen molar-refractivity contribution in [3.8, 4) is 0 Å². The zero-order chi connectivity index (χ0) is 23.5. The zero-order valence-electron chi connectivity index (χ0n) is 20.1. The number of rotatable bonds is 14. The molecule has 0 bridgehead atoms. The lowest BCUT2D eigenvalue weighted by Gasteiger charge is -2.24. The Hall–Kier alpha value is -1.46. The molecule has 1 aromatic carbocycles. The van der Waals surface area contributed by atoms with Gasteiger partial charge in [0.2, 0.25) is 0 Å². The number of aryl methyl sites for hydroxylation is 2. The summed E-state index contributed by atoms with van der Waals surface area (Å²) in [6, 6.07) is 8.11.